The Kier molecular flexibility index (Phi) is 3.54. The summed E-state index contributed by atoms with van der Waals surface area (Å²) >= 11 is 0. The lowest BCUT2D eigenvalue weighted by atomic mass is 10.2. The number of nitrogens with zero attached hydrogens (tertiary/aromatic N) is 2. The average Bonchev–Trinajstić information content (AvgIpc) is 2.16. The molecule has 1 unspecified atom stereocenters. The molecule has 13 heavy (non-hydrogen) atoms. The second-order valence-corrected chi connectivity index (χ2v) is 3.39. The molecular weight excluding hydrogens is 168 g/mol. The van der Waals surface area contributed by atoms with Crippen LogP contribution in [-0.4, -0.2) is 55.2 Å². The number of ether oxygens (including phenoxy) is 1. The Bertz CT molecular complexity index is 184. The molecule has 1 rings (SSSR count). The molecule has 0 saturated carbocycles. The van der Waals surface area contributed by atoms with Crippen LogP contribution in [0.2, 0.25) is 0 Å². The lowest BCUT2D eigenvalue weighted by Gasteiger charge is -2.38. The second-order valence-electron chi connectivity index (χ2n) is 3.39. The van der Waals surface area contributed by atoms with Crippen LogP contribution in [-0.2, 0) is 4.74 Å². The van der Waals surface area contributed by atoms with Crippen molar-refractivity contribution in [3.63, 3.8) is 0 Å². The predicted molar refractivity (Wildman–Crippen MR) is 50.7 cm³/mol. The molecule has 76 valence electrons. The van der Waals surface area contributed by atoms with E-state index in [4.69, 9.17) is 0 Å². The minimum atomic E-state index is -0.206. The summed E-state index contributed by atoms with van der Waals surface area (Å²) in [5.41, 5.74) is 0. The maximum atomic E-state index is 11.2. The summed E-state index contributed by atoms with van der Waals surface area (Å²) in [4.78, 5) is 15.3. The molecule has 4 heteroatoms. The molecule has 0 aliphatic carbocycles. The fraction of sp³-hybridized carbons (Fsp3) is 0.889. The van der Waals surface area contributed by atoms with Crippen LogP contribution in [0, 0.1) is 0 Å². The van der Waals surface area contributed by atoms with E-state index < -0.39 is 0 Å². The van der Waals surface area contributed by atoms with Crippen molar-refractivity contribution in [2.45, 2.75) is 19.9 Å². The fourth-order valence-corrected chi connectivity index (χ4v) is 1.76. The average molecular weight is 186 g/mol. The van der Waals surface area contributed by atoms with Gasteiger partial charge in [0.1, 0.15) is 0 Å². The van der Waals surface area contributed by atoms with Crippen LogP contribution >= 0.6 is 0 Å². The molecule has 0 spiro atoms. The Morgan fingerprint density at radius 1 is 1.54 bits per heavy atom. The molecule has 0 aromatic rings. The second kappa shape index (κ2) is 4.46. The maximum Gasteiger partial charge on any atom is 0.409 e. The lowest BCUT2D eigenvalue weighted by molar-refractivity contribution is 0.0682. The van der Waals surface area contributed by atoms with Crippen molar-refractivity contribution in [2.75, 3.05) is 33.3 Å². The van der Waals surface area contributed by atoms with E-state index in [1.807, 2.05) is 0 Å². The molecule has 0 N–H and O–H groups in total. The highest BCUT2D eigenvalue weighted by molar-refractivity contribution is 5.67. The Hall–Kier alpha value is -0.770. The summed E-state index contributed by atoms with van der Waals surface area (Å²) in [6, 6.07) is 0.442. The van der Waals surface area contributed by atoms with Crippen molar-refractivity contribution in [2.24, 2.45) is 0 Å². The molecule has 0 bridgehead atoms. The van der Waals surface area contributed by atoms with Gasteiger partial charge in [-0.15, -0.1) is 0 Å². The quantitative estimate of drug-likeness (QED) is 0.606. The van der Waals surface area contributed by atoms with E-state index in [1.54, 1.807) is 4.90 Å². The highest BCUT2D eigenvalue weighted by atomic mass is 16.5. The zero-order valence-electron chi connectivity index (χ0n) is 8.62. The van der Waals surface area contributed by atoms with Crippen molar-refractivity contribution in [3.05, 3.63) is 0 Å². The zero-order chi connectivity index (χ0) is 9.84. The van der Waals surface area contributed by atoms with Crippen LogP contribution in [0.5, 0.6) is 0 Å². The largest absolute Gasteiger partial charge is 0.453 e. The van der Waals surface area contributed by atoms with E-state index in [0.717, 1.165) is 26.2 Å². The van der Waals surface area contributed by atoms with Crippen LogP contribution in [0.1, 0.15) is 13.8 Å². The van der Waals surface area contributed by atoms with Crippen molar-refractivity contribution in [3.8, 4) is 0 Å². The molecule has 4 nitrogen and oxygen atoms in total. The van der Waals surface area contributed by atoms with Crippen LogP contribution in [0.3, 0.4) is 0 Å². The molecular formula is C9H18N2O2. The Morgan fingerprint density at radius 3 is 2.69 bits per heavy atom. The normalized spacial score (nSPS) is 24.5. The Morgan fingerprint density at radius 2 is 2.23 bits per heavy atom. The number of carbonyl (C=O) groups excluding carboxylic acids is 1. The van der Waals surface area contributed by atoms with Crippen molar-refractivity contribution >= 4 is 6.09 Å². The third-order valence-corrected chi connectivity index (χ3v) is 2.60. The molecule has 1 saturated heterocycles. The number of methoxy groups -OCH3 is 1. The van der Waals surface area contributed by atoms with Gasteiger partial charge in [-0.05, 0) is 13.5 Å². The first-order valence-electron chi connectivity index (χ1n) is 4.76. The van der Waals surface area contributed by atoms with E-state index in [0.29, 0.717) is 6.04 Å². The van der Waals surface area contributed by atoms with Crippen molar-refractivity contribution in [1.82, 2.24) is 9.80 Å². The number of piperazine rings is 1. The van der Waals surface area contributed by atoms with Crippen LogP contribution in [0.25, 0.3) is 0 Å². The molecule has 1 aliphatic rings. The number of amides is 1. The van der Waals surface area contributed by atoms with Crippen LogP contribution in [0.15, 0.2) is 0 Å². The van der Waals surface area contributed by atoms with Crippen molar-refractivity contribution in [1.29, 1.82) is 0 Å². The molecule has 1 atom stereocenters. The standard InChI is InChI=1S/C9H18N2O2/c1-4-10-5-6-11(7-8(10)2)9(12)13-3/h8H,4-7H2,1-3H3. The minimum absolute atomic E-state index is 0.206. The van der Waals surface area contributed by atoms with Crippen molar-refractivity contribution < 1.29 is 9.53 Å². The van der Waals surface area contributed by atoms with E-state index in [9.17, 15) is 4.79 Å². The molecule has 1 amide bonds. The SMILES string of the molecule is CCN1CCN(C(=O)OC)CC1C. The van der Waals surface area contributed by atoms with Gasteiger partial charge >= 0.3 is 6.09 Å². The molecule has 0 aromatic carbocycles. The Labute approximate surface area is 79.4 Å². The molecule has 0 radical (unpaired) electrons. The van der Waals surface area contributed by atoms with Gasteiger partial charge < -0.3 is 9.64 Å². The summed E-state index contributed by atoms with van der Waals surface area (Å²) in [7, 11) is 1.43. The van der Waals surface area contributed by atoms with Gasteiger partial charge in [-0.25, -0.2) is 4.79 Å². The topological polar surface area (TPSA) is 32.8 Å². The van der Waals surface area contributed by atoms with Gasteiger partial charge in [0.15, 0.2) is 0 Å². The monoisotopic (exact) mass is 186 g/mol. The summed E-state index contributed by atoms with van der Waals surface area (Å²) in [6.07, 6.45) is -0.206. The van der Waals surface area contributed by atoms with Crippen LogP contribution in [0.4, 0.5) is 4.79 Å². The van der Waals surface area contributed by atoms with Gasteiger partial charge in [0.2, 0.25) is 0 Å². The summed E-state index contributed by atoms with van der Waals surface area (Å²) in [5, 5.41) is 0. The smallest absolute Gasteiger partial charge is 0.409 e. The van der Waals surface area contributed by atoms with E-state index in [-0.39, 0.29) is 6.09 Å². The third-order valence-electron chi connectivity index (χ3n) is 2.60. The first kappa shape index (κ1) is 10.3. The summed E-state index contributed by atoms with van der Waals surface area (Å²) < 4.78 is 4.68. The maximum absolute atomic E-state index is 11.2. The first-order chi connectivity index (χ1) is 6.19. The first-order valence-corrected chi connectivity index (χ1v) is 4.76. The number of hydrogen-bond acceptors (Lipinski definition) is 3. The molecule has 0 aromatic heterocycles. The lowest BCUT2D eigenvalue weighted by Crippen LogP contribution is -2.53. The van der Waals surface area contributed by atoms with E-state index in [2.05, 4.69) is 23.5 Å². The van der Waals surface area contributed by atoms with Gasteiger partial charge in [-0.3, -0.25) is 4.90 Å². The predicted octanol–water partition coefficient (Wildman–Crippen LogP) is 0.779. The van der Waals surface area contributed by atoms with Gasteiger partial charge in [-0.1, -0.05) is 6.92 Å². The zero-order valence-corrected chi connectivity index (χ0v) is 8.62. The Balaban J connectivity index is 2.45. The van der Waals surface area contributed by atoms with E-state index in [1.165, 1.54) is 7.11 Å². The van der Waals surface area contributed by atoms with Gasteiger partial charge in [0.05, 0.1) is 7.11 Å². The number of hydrogen-bond donors (Lipinski definition) is 0. The van der Waals surface area contributed by atoms with Gasteiger partial charge in [0.25, 0.3) is 0 Å². The highest BCUT2D eigenvalue weighted by Gasteiger charge is 2.25. The van der Waals surface area contributed by atoms with Crippen LogP contribution < -0.4 is 0 Å². The number of rotatable bonds is 1. The molecule has 1 fully saturated rings. The third kappa shape index (κ3) is 2.34. The van der Waals surface area contributed by atoms with Gasteiger partial charge in [0, 0.05) is 25.7 Å². The number of likely N-dealkylation sites (N-methyl/N-ethyl adjacent to an activating group) is 1. The van der Waals surface area contributed by atoms with Gasteiger partial charge in [-0.2, -0.15) is 0 Å². The highest BCUT2D eigenvalue weighted by Crippen LogP contribution is 2.09. The fourth-order valence-electron chi connectivity index (χ4n) is 1.76. The summed E-state index contributed by atoms with van der Waals surface area (Å²) in [5.74, 6) is 0. The van der Waals surface area contributed by atoms with E-state index >= 15 is 0 Å². The minimum Gasteiger partial charge on any atom is -0.453 e. The molecule has 1 heterocycles. The summed E-state index contributed by atoms with van der Waals surface area (Å²) in [6.45, 7) is 7.84. The molecule has 1 aliphatic heterocycles. The number of carbonyl (C=O) groups is 1.